The molecule has 0 spiro atoms. The molecule has 4 nitrogen and oxygen atoms in total. The van der Waals surface area contributed by atoms with Crippen molar-refractivity contribution in [2.75, 3.05) is 13.1 Å². The highest BCUT2D eigenvalue weighted by Gasteiger charge is 2.48. The Hall–Kier alpha value is -1.39. The summed E-state index contributed by atoms with van der Waals surface area (Å²) in [6.45, 7) is 2.25. The van der Waals surface area contributed by atoms with Crippen molar-refractivity contribution in [3.05, 3.63) is 35.9 Å². The molecule has 1 N–H and O–H groups in total. The number of benzene rings is 1. The molecule has 2 fully saturated rings. The minimum absolute atomic E-state index is 0.302. The number of ether oxygens (including phenoxy) is 1. The molecule has 2 aliphatic rings. The van der Waals surface area contributed by atoms with Crippen molar-refractivity contribution < 1.29 is 14.6 Å². The van der Waals surface area contributed by atoms with Crippen LogP contribution in [0.25, 0.3) is 0 Å². The number of nitrogens with zero attached hydrogens (tertiary/aromatic N) is 1. The van der Waals surface area contributed by atoms with Gasteiger partial charge in [0, 0.05) is 18.7 Å². The van der Waals surface area contributed by atoms with Gasteiger partial charge in [-0.15, -0.1) is 0 Å². The molecule has 1 heterocycles. The third-order valence-corrected chi connectivity index (χ3v) is 4.65. The van der Waals surface area contributed by atoms with Gasteiger partial charge in [-0.25, -0.2) is 0 Å². The van der Waals surface area contributed by atoms with Crippen LogP contribution in [-0.4, -0.2) is 35.2 Å². The van der Waals surface area contributed by atoms with Gasteiger partial charge in [-0.2, -0.15) is 0 Å². The van der Waals surface area contributed by atoms with E-state index in [1.165, 1.54) is 0 Å². The van der Waals surface area contributed by atoms with Gasteiger partial charge in [0.25, 0.3) is 6.47 Å². The van der Waals surface area contributed by atoms with Crippen molar-refractivity contribution in [1.29, 1.82) is 0 Å². The van der Waals surface area contributed by atoms with Crippen LogP contribution >= 0.6 is 0 Å². The normalized spacial score (nSPS) is 24.1. The van der Waals surface area contributed by atoms with E-state index in [4.69, 9.17) is 4.74 Å². The molecule has 1 saturated heterocycles. The minimum atomic E-state index is -0.389. The van der Waals surface area contributed by atoms with Crippen molar-refractivity contribution >= 4 is 6.47 Å². The molecule has 1 saturated carbocycles. The van der Waals surface area contributed by atoms with Crippen LogP contribution in [0.2, 0.25) is 0 Å². The Morgan fingerprint density at radius 1 is 1.25 bits per heavy atom. The van der Waals surface area contributed by atoms with Crippen molar-refractivity contribution in [2.45, 2.75) is 37.5 Å². The molecule has 1 aliphatic carbocycles. The smallest absolute Gasteiger partial charge is 0.294 e. The van der Waals surface area contributed by atoms with E-state index in [-0.39, 0.29) is 11.8 Å². The molecule has 0 radical (unpaired) electrons. The van der Waals surface area contributed by atoms with Gasteiger partial charge in [-0.05, 0) is 31.6 Å². The van der Waals surface area contributed by atoms with Crippen LogP contribution in [0.3, 0.4) is 0 Å². The molecule has 20 heavy (non-hydrogen) atoms. The summed E-state index contributed by atoms with van der Waals surface area (Å²) in [7, 11) is 0. The molecular weight excluding hydrogens is 254 g/mol. The molecular formula is C16H21NO3. The fourth-order valence-electron chi connectivity index (χ4n) is 3.25. The van der Waals surface area contributed by atoms with Gasteiger partial charge in [-0.3, -0.25) is 9.69 Å². The minimum Gasteiger partial charge on any atom is -0.444 e. The fraction of sp³-hybridized carbons (Fsp3) is 0.562. The number of rotatable bonds is 5. The second-order valence-electron chi connectivity index (χ2n) is 5.91. The van der Waals surface area contributed by atoms with E-state index >= 15 is 0 Å². The highest BCUT2D eigenvalue weighted by Crippen LogP contribution is 2.47. The van der Waals surface area contributed by atoms with Gasteiger partial charge in [0.15, 0.2) is 6.23 Å². The average molecular weight is 275 g/mol. The molecule has 4 heteroatoms. The Labute approximate surface area is 119 Å². The molecule has 1 aromatic rings. The molecule has 0 amide bonds. The van der Waals surface area contributed by atoms with Crippen LogP contribution in [0, 0.1) is 5.92 Å². The topological polar surface area (TPSA) is 49.8 Å². The summed E-state index contributed by atoms with van der Waals surface area (Å²) >= 11 is 0. The summed E-state index contributed by atoms with van der Waals surface area (Å²) in [6, 6.07) is 9.83. The van der Waals surface area contributed by atoms with Crippen LogP contribution in [0.15, 0.2) is 30.3 Å². The molecule has 0 aromatic heterocycles. The zero-order valence-corrected chi connectivity index (χ0v) is 11.6. The number of carbonyl (C=O) groups excluding carboxylic acids is 1. The maximum absolute atomic E-state index is 10.8. The molecule has 0 bridgehead atoms. The maximum atomic E-state index is 10.8. The first kappa shape index (κ1) is 13.6. The van der Waals surface area contributed by atoms with Gasteiger partial charge in [0.1, 0.15) is 0 Å². The first-order valence-electron chi connectivity index (χ1n) is 7.33. The largest absolute Gasteiger partial charge is 0.444 e. The predicted molar refractivity (Wildman–Crippen MR) is 74.8 cm³/mol. The van der Waals surface area contributed by atoms with Gasteiger partial charge >= 0.3 is 0 Å². The Bertz CT molecular complexity index is 450. The summed E-state index contributed by atoms with van der Waals surface area (Å²) in [5.74, 6) is 0.409. The molecule has 1 atom stereocenters. The fourth-order valence-corrected chi connectivity index (χ4v) is 3.25. The van der Waals surface area contributed by atoms with Gasteiger partial charge in [-0.1, -0.05) is 30.3 Å². The number of piperidine rings is 1. The SMILES string of the molecule is O=COC(c1ccccc1)N1CCC(C2(O)CC2)CC1. The van der Waals surface area contributed by atoms with E-state index in [2.05, 4.69) is 4.90 Å². The first-order valence-corrected chi connectivity index (χ1v) is 7.33. The van der Waals surface area contributed by atoms with E-state index in [1.54, 1.807) is 0 Å². The van der Waals surface area contributed by atoms with Gasteiger partial charge in [0.2, 0.25) is 0 Å². The van der Waals surface area contributed by atoms with E-state index in [9.17, 15) is 9.90 Å². The lowest BCUT2D eigenvalue weighted by Gasteiger charge is -2.38. The lowest BCUT2D eigenvalue weighted by molar-refractivity contribution is -0.147. The Morgan fingerprint density at radius 2 is 1.90 bits per heavy atom. The summed E-state index contributed by atoms with van der Waals surface area (Å²) in [5.41, 5.74) is 0.614. The Balaban J connectivity index is 1.66. The number of aliphatic hydroxyl groups is 1. The number of hydrogen-bond acceptors (Lipinski definition) is 4. The second-order valence-corrected chi connectivity index (χ2v) is 5.91. The quantitative estimate of drug-likeness (QED) is 0.836. The standard InChI is InChI=1S/C16H21NO3/c18-12-20-15(13-4-2-1-3-5-13)17-10-6-14(7-11-17)16(19)8-9-16/h1-5,12,14-15,19H,6-11H2. The van der Waals surface area contributed by atoms with Crippen LogP contribution in [0.5, 0.6) is 0 Å². The van der Waals surface area contributed by atoms with Gasteiger partial charge in [0.05, 0.1) is 5.60 Å². The number of carbonyl (C=O) groups is 1. The van der Waals surface area contributed by atoms with Crippen LogP contribution < -0.4 is 0 Å². The van der Waals surface area contributed by atoms with E-state index in [0.717, 1.165) is 44.3 Å². The summed E-state index contributed by atoms with van der Waals surface area (Å²) < 4.78 is 5.29. The highest BCUT2D eigenvalue weighted by molar-refractivity contribution is 5.38. The second kappa shape index (κ2) is 5.54. The third-order valence-electron chi connectivity index (χ3n) is 4.65. The molecule has 1 unspecified atom stereocenters. The van der Waals surface area contributed by atoms with Crippen molar-refractivity contribution in [1.82, 2.24) is 4.90 Å². The van der Waals surface area contributed by atoms with E-state index in [1.807, 2.05) is 30.3 Å². The maximum Gasteiger partial charge on any atom is 0.294 e. The van der Waals surface area contributed by atoms with Crippen LogP contribution in [0.1, 0.15) is 37.5 Å². The summed E-state index contributed by atoms with van der Waals surface area (Å²) in [5, 5.41) is 10.2. The van der Waals surface area contributed by atoms with Crippen LogP contribution in [0.4, 0.5) is 0 Å². The Morgan fingerprint density at radius 3 is 2.45 bits per heavy atom. The Kier molecular flexibility index (Phi) is 3.76. The zero-order valence-electron chi connectivity index (χ0n) is 11.6. The highest BCUT2D eigenvalue weighted by atomic mass is 16.5. The molecule has 3 rings (SSSR count). The molecule has 1 aliphatic heterocycles. The zero-order chi connectivity index (χ0) is 14.0. The predicted octanol–water partition coefficient (Wildman–Crippen LogP) is 2.10. The lowest BCUT2D eigenvalue weighted by atomic mass is 9.89. The van der Waals surface area contributed by atoms with Crippen molar-refractivity contribution in [3.63, 3.8) is 0 Å². The molecule has 108 valence electrons. The van der Waals surface area contributed by atoms with Crippen molar-refractivity contribution in [3.8, 4) is 0 Å². The number of likely N-dealkylation sites (tertiary alicyclic amines) is 1. The average Bonchev–Trinajstić information content (AvgIpc) is 3.25. The summed E-state index contributed by atoms with van der Waals surface area (Å²) in [4.78, 5) is 13.0. The van der Waals surface area contributed by atoms with Crippen molar-refractivity contribution in [2.24, 2.45) is 5.92 Å². The monoisotopic (exact) mass is 275 g/mol. The summed E-state index contributed by atoms with van der Waals surface area (Å²) in [6.07, 6.45) is 3.54. The molecule has 1 aromatic carbocycles. The van der Waals surface area contributed by atoms with Gasteiger partial charge < -0.3 is 9.84 Å². The van der Waals surface area contributed by atoms with Crippen LogP contribution in [-0.2, 0) is 9.53 Å². The third kappa shape index (κ3) is 2.72. The first-order chi connectivity index (χ1) is 9.73. The van der Waals surface area contributed by atoms with E-state index < -0.39 is 0 Å². The number of hydrogen-bond donors (Lipinski definition) is 1. The van der Waals surface area contributed by atoms with E-state index in [0.29, 0.717) is 12.4 Å². The lowest BCUT2D eigenvalue weighted by Crippen LogP contribution is -2.41.